The fourth-order valence-corrected chi connectivity index (χ4v) is 4.49. The van der Waals surface area contributed by atoms with Crippen molar-refractivity contribution in [3.05, 3.63) is 35.4 Å². The van der Waals surface area contributed by atoms with Crippen molar-refractivity contribution in [2.24, 2.45) is 5.92 Å². The molecule has 1 aliphatic heterocycles. The van der Waals surface area contributed by atoms with Crippen molar-refractivity contribution in [3.63, 3.8) is 0 Å². The van der Waals surface area contributed by atoms with Gasteiger partial charge in [0.25, 0.3) is 0 Å². The second-order valence-corrected chi connectivity index (χ2v) is 6.86. The molecule has 1 aromatic carbocycles. The van der Waals surface area contributed by atoms with Crippen molar-refractivity contribution in [1.29, 1.82) is 0 Å². The van der Waals surface area contributed by atoms with Crippen LogP contribution >= 0.6 is 0 Å². The zero-order chi connectivity index (χ0) is 14.7. The molecule has 1 fully saturated rings. The van der Waals surface area contributed by atoms with E-state index in [4.69, 9.17) is 0 Å². The summed E-state index contributed by atoms with van der Waals surface area (Å²) in [5, 5.41) is 3.63. The molecule has 0 aromatic heterocycles. The monoisotopic (exact) mass is 286 g/mol. The van der Waals surface area contributed by atoms with Crippen LogP contribution in [0.3, 0.4) is 0 Å². The van der Waals surface area contributed by atoms with Crippen LogP contribution < -0.4 is 5.32 Å². The molecule has 1 saturated heterocycles. The molecule has 0 amide bonds. The number of fused-ring (bicyclic) bond motifs is 1. The van der Waals surface area contributed by atoms with Crippen molar-refractivity contribution in [2.45, 2.75) is 57.5 Å². The molecule has 2 nitrogen and oxygen atoms in total. The summed E-state index contributed by atoms with van der Waals surface area (Å²) in [7, 11) is 2.14. The zero-order valence-corrected chi connectivity index (χ0v) is 13.6. The van der Waals surface area contributed by atoms with Crippen LogP contribution in [0.1, 0.15) is 56.2 Å². The highest BCUT2D eigenvalue weighted by Crippen LogP contribution is 2.34. The summed E-state index contributed by atoms with van der Waals surface area (Å²) >= 11 is 0. The molecule has 0 saturated carbocycles. The molecule has 2 heteroatoms. The van der Waals surface area contributed by atoms with Gasteiger partial charge in [-0.3, -0.25) is 4.90 Å². The first-order valence-corrected chi connectivity index (χ1v) is 8.82. The minimum absolute atomic E-state index is 0.504. The second kappa shape index (κ2) is 6.93. The van der Waals surface area contributed by atoms with E-state index < -0.39 is 0 Å². The van der Waals surface area contributed by atoms with Crippen LogP contribution in [0.25, 0.3) is 0 Å². The van der Waals surface area contributed by atoms with Crippen molar-refractivity contribution < 1.29 is 0 Å². The third-order valence-electron chi connectivity index (χ3n) is 5.52. The largest absolute Gasteiger partial charge is 0.312 e. The number of likely N-dealkylation sites (tertiary alicyclic amines) is 1. The highest BCUT2D eigenvalue weighted by Gasteiger charge is 2.34. The van der Waals surface area contributed by atoms with Gasteiger partial charge in [-0.15, -0.1) is 0 Å². The molecule has 1 aromatic rings. The Hall–Kier alpha value is -0.860. The predicted octanol–water partition coefficient (Wildman–Crippen LogP) is 3.77. The molecule has 3 atom stereocenters. The number of hydrogen-bond acceptors (Lipinski definition) is 2. The van der Waals surface area contributed by atoms with Gasteiger partial charge in [-0.05, 0) is 62.7 Å². The molecular formula is C19H30N2. The van der Waals surface area contributed by atoms with Crippen molar-refractivity contribution >= 4 is 0 Å². The zero-order valence-electron chi connectivity index (χ0n) is 13.6. The number of benzene rings is 1. The lowest BCUT2D eigenvalue weighted by atomic mass is 9.95. The van der Waals surface area contributed by atoms with Crippen LogP contribution in [-0.2, 0) is 6.42 Å². The van der Waals surface area contributed by atoms with E-state index in [1.54, 1.807) is 11.1 Å². The smallest absolute Gasteiger partial charge is 0.0478 e. The Morgan fingerprint density at radius 3 is 2.90 bits per heavy atom. The molecular weight excluding hydrogens is 256 g/mol. The quantitative estimate of drug-likeness (QED) is 0.848. The lowest BCUT2D eigenvalue weighted by Gasteiger charge is -2.34. The molecule has 3 rings (SSSR count). The van der Waals surface area contributed by atoms with Crippen molar-refractivity contribution in [2.75, 3.05) is 20.1 Å². The number of rotatable bonds is 4. The topological polar surface area (TPSA) is 15.3 Å². The minimum atomic E-state index is 0.504. The van der Waals surface area contributed by atoms with E-state index in [9.17, 15) is 0 Å². The number of hydrogen-bond donors (Lipinski definition) is 1. The summed E-state index contributed by atoms with van der Waals surface area (Å²) in [4.78, 5) is 2.78. The second-order valence-electron chi connectivity index (χ2n) is 6.86. The molecule has 21 heavy (non-hydrogen) atoms. The Labute approximate surface area is 129 Å². The van der Waals surface area contributed by atoms with Gasteiger partial charge in [-0.25, -0.2) is 0 Å². The molecule has 2 aliphatic rings. The maximum Gasteiger partial charge on any atom is 0.0478 e. The van der Waals surface area contributed by atoms with Crippen LogP contribution in [0, 0.1) is 5.92 Å². The van der Waals surface area contributed by atoms with Crippen LogP contribution in [0.2, 0.25) is 0 Å². The third kappa shape index (κ3) is 3.17. The maximum atomic E-state index is 3.63. The summed E-state index contributed by atoms with van der Waals surface area (Å²) in [6, 6.07) is 10.2. The normalized spacial score (nSPS) is 30.1. The number of aryl methyl sites for hydroxylation is 1. The first kappa shape index (κ1) is 15.1. The standard InChI is InChI=1S/C19H30N2/c1-3-7-15-12-13-21(14-15)18-11-6-9-16-8-4-5-10-17(16)19(18)20-2/h4-5,8,10,15,18-20H,3,6-7,9,11-14H2,1-2H3. The van der Waals surface area contributed by atoms with E-state index in [1.807, 2.05) is 0 Å². The van der Waals surface area contributed by atoms with Gasteiger partial charge < -0.3 is 5.32 Å². The fraction of sp³-hybridized carbons (Fsp3) is 0.684. The van der Waals surface area contributed by atoms with Gasteiger partial charge in [0.05, 0.1) is 0 Å². The van der Waals surface area contributed by atoms with E-state index in [-0.39, 0.29) is 0 Å². The summed E-state index contributed by atoms with van der Waals surface area (Å²) in [5.41, 5.74) is 3.10. The lowest BCUT2D eigenvalue weighted by molar-refractivity contribution is 0.179. The third-order valence-corrected chi connectivity index (χ3v) is 5.52. The molecule has 0 spiro atoms. The van der Waals surface area contributed by atoms with Crippen LogP contribution in [-0.4, -0.2) is 31.1 Å². The number of nitrogens with one attached hydrogen (secondary N) is 1. The molecule has 1 aliphatic carbocycles. The number of likely N-dealkylation sites (N-methyl/N-ethyl adjacent to an activating group) is 1. The highest BCUT2D eigenvalue weighted by molar-refractivity contribution is 5.32. The molecule has 0 radical (unpaired) electrons. The first-order valence-electron chi connectivity index (χ1n) is 8.82. The Morgan fingerprint density at radius 1 is 1.24 bits per heavy atom. The summed E-state index contributed by atoms with van der Waals surface area (Å²) in [6.45, 7) is 4.94. The molecule has 0 bridgehead atoms. The Morgan fingerprint density at radius 2 is 2.10 bits per heavy atom. The summed E-state index contributed by atoms with van der Waals surface area (Å²) in [6.07, 6.45) is 8.05. The molecule has 1 N–H and O–H groups in total. The Bertz CT molecular complexity index is 457. The van der Waals surface area contributed by atoms with Gasteiger partial charge >= 0.3 is 0 Å². The molecule has 3 unspecified atom stereocenters. The van der Waals surface area contributed by atoms with E-state index in [2.05, 4.69) is 48.5 Å². The minimum Gasteiger partial charge on any atom is -0.312 e. The Balaban J connectivity index is 1.79. The van der Waals surface area contributed by atoms with Gasteiger partial charge in [-0.2, -0.15) is 0 Å². The highest BCUT2D eigenvalue weighted by atomic mass is 15.2. The summed E-state index contributed by atoms with van der Waals surface area (Å²) in [5.74, 6) is 0.936. The maximum absolute atomic E-state index is 3.63. The van der Waals surface area contributed by atoms with Gasteiger partial charge in [0.1, 0.15) is 0 Å². The van der Waals surface area contributed by atoms with Crippen LogP contribution in [0.4, 0.5) is 0 Å². The molecule has 116 valence electrons. The van der Waals surface area contributed by atoms with E-state index in [1.165, 1.54) is 51.6 Å². The predicted molar refractivity (Wildman–Crippen MR) is 89.6 cm³/mol. The molecule has 1 heterocycles. The Kier molecular flexibility index (Phi) is 4.97. The SMILES string of the molecule is CCCC1CCN(C2CCCc3ccccc3C2NC)C1. The van der Waals surface area contributed by atoms with Crippen molar-refractivity contribution in [1.82, 2.24) is 10.2 Å². The van der Waals surface area contributed by atoms with Gasteiger partial charge in [-0.1, -0.05) is 37.6 Å². The van der Waals surface area contributed by atoms with Crippen LogP contribution in [0.5, 0.6) is 0 Å². The average Bonchev–Trinajstić information content (AvgIpc) is 2.88. The lowest BCUT2D eigenvalue weighted by Crippen LogP contribution is -2.42. The summed E-state index contributed by atoms with van der Waals surface area (Å²) < 4.78 is 0. The number of nitrogens with zero attached hydrogens (tertiary/aromatic N) is 1. The average molecular weight is 286 g/mol. The van der Waals surface area contributed by atoms with Crippen LogP contribution in [0.15, 0.2) is 24.3 Å². The van der Waals surface area contributed by atoms with E-state index >= 15 is 0 Å². The van der Waals surface area contributed by atoms with E-state index in [0.29, 0.717) is 12.1 Å². The van der Waals surface area contributed by atoms with Crippen molar-refractivity contribution in [3.8, 4) is 0 Å². The van der Waals surface area contributed by atoms with E-state index in [0.717, 1.165) is 5.92 Å². The van der Waals surface area contributed by atoms with Gasteiger partial charge in [0, 0.05) is 18.6 Å². The fourth-order valence-electron chi connectivity index (χ4n) is 4.49. The first-order chi connectivity index (χ1) is 10.3. The van der Waals surface area contributed by atoms with Gasteiger partial charge in [0.2, 0.25) is 0 Å². The van der Waals surface area contributed by atoms with Gasteiger partial charge in [0.15, 0.2) is 0 Å².